The standard InChI is InChI=1S/C12H13NO2/c1-8(2)5-12-13-10-6-9(7-14)3-4-11(10)15-12/h3-6,14H,7H2,1-2H3. The number of hydrogen-bond acceptors (Lipinski definition) is 3. The highest BCUT2D eigenvalue weighted by Crippen LogP contribution is 2.18. The normalized spacial score (nSPS) is 10.6. The Balaban J connectivity index is 2.51. The summed E-state index contributed by atoms with van der Waals surface area (Å²) < 4.78 is 5.51. The van der Waals surface area contributed by atoms with Crippen LogP contribution < -0.4 is 0 Å². The first-order valence-corrected chi connectivity index (χ1v) is 4.84. The highest BCUT2D eigenvalue weighted by molar-refractivity contribution is 5.74. The van der Waals surface area contributed by atoms with E-state index in [0.29, 0.717) is 5.89 Å². The molecule has 1 aromatic heterocycles. The fourth-order valence-corrected chi connectivity index (χ4v) is 1.40. The minimum absolute atomic E-state index is 0.0285. The predicted octanol–water partition coefficient (Wildman–Crippen LogP) is 2.74. The molecule has 0 atom stereocenters. The van der Waals surface area contributed by atoms with Gasteiger partial charge in [0, 0.05) is 0 Å². The molecule has 1 N–H and O–H groups in total. The van der Waals surface area contributed by atoms with Crippen molar-refractivity contribution in [3.8, 4) is 0 Å². The predicted molar refractivity (Wildman–Crippen MR) is 59.3 cm³/mol. The highest BCUT2D eigenvalue weighted by Gasteiger charge is 2.03. The van der Waals surface area contributed by atoms with Crippen molar-refractivity contribution in [1.82, 2.24) is 4.98 Å². The molecule has 0 spiro atoms. The molecule has 15 heavy (non-hydrogen) atoms. The van der Waals surface area contributed by atoms with Gasteiger partial charge in [0.1, 0.15) is 5.52 Å². The first kappa shape index (κ1) is 9.93. The summed E-state index contributed by atoms with van der Waals surface area (Å²) in [6.07, 6.45) is 1.89. The second-order valence-corrected chi connectivity index (χ2v) is 3.73. The molecule has 0 bridgehead atoms. The van der Waals surface area contributed by atoms with Crippen LogP contribution in [0.5, 0.6) is 0 Å². The molecule has 0 aliphatic carbocycles. The van der Waals surface area contributed by atoms with E-state index in [1.54, 1.807) is 0 Å². The molecule has 0 amide bonds. The van der Waals surface area contributed by atoms with E-state index in [-0.39, 0.29) is 6.61 Å². The van der Waals surface area contributed by atoms with Crippen LogP contribution in [0.3, 0.4) is 0 Å². The number of fused-ring (bicyclic) bond motifs is 1. The van der Waals surface area contributed by atoms with E-state index in [0.717, 1.165) is 22.2 Å². The Bertz CT molecular complexity index is 507. The molecule has 3 heteroatoms. The zero-order valence-corrected chi connectivity index (χ0v) is 8.82. The Kier molecular flexibility index (Phi) is 2.56. The van der Waals surface area contributed by atoms with Crippen LogP contribution in [0, 0.1) is 0 Å². The Morgan fingerprint density at radius 2 is 2.27 bits per heavy atom. The lowest BCUT2D eigenvalue weighted by atomic mass is 10.2. The second-order valence-electron chi connectivity index (χ2n) is 3.73. The Morgan fingerprint density at radius 1 is 1.47 bits per heavy atom. The van der Waals surface area contributed by atoms with E-state index >= 15 is 0 Å². The van der Waals surface area contributed by atoms with Gasteiger partial charge in [-0.2, -0.15) is 0 Å². The smallest absolute Gasteiger partial charge is 0.219 e. The quantitative estimate of drug-likeness (QED) is 0.816. The van der Waals surface area contributed by atoms with Gasteiger partial charge in [-0.25, -0.2) is 4.98 Å². The Morgan fingerprint density at radius 3 is 2.93 bits per heavy atom. The second kappa shape index (κ2) is 3.87. The van der Waals surface area contributed by atoms with Gasteiger partial charge < -0.3 is 9.52 Å². The van der Waals surface area contributed by atoms with Crippen LogP contribution in [0.4, 0.5) is 0 Å². The summed E-state index contributed by atoms with van der Waals surface area (Å²) in [5, 5.41) is 8.98. The zero-order chi connectivity index (χ0) is 10.8. The van der Waals surface area contributed by atoms with Crippen LogP contribution in [0.25, 0.3) is 17.2 Å². The Hall–Kier alpha value is -1.61. The van der Waals surface area contributed by atoms with E-state index in [4.69, 9.17) is 9.52 Å². The van der Waals surface area contributed by atoms with Crippen LogP contribution in [0.2, 0.25) is 0 Å². The summed E-state index contributed by atoms with van der Waals surface area (Å²) in [4.78, 5) is 4.31. The number of allylic oxidation sites excluding steroid dienone is 1. The maximum Gasteiger partial charge on any atom is 0.219 e. The molecule has 0 aliphatic heterocycles. The third-order valence-electron chi connectivity index (χ3n) is 2.06. The maximum atomic E-state index is 8.98. The number of aliphatic hydroxyl groups excluding tert-OH is 1. The molecule has 78 valence electrons. The average molecular weight is 203 g/mol. The highest BCUT2D eigenvalue weighted by atomic mass is 16.3. The minimum Gasteiger partial charge on any atom is -0.437 e. The van der Waals surface area contributed by atoms with Gasteiger partial charge in [0.05, 0.1) is 6.61 Å². The minimum atomic E-state index is 0.0285. The number of aliphatic hydroxyl groups is 1. The lowest BCUT2D eigenvalue weighted by Crippen LogP contribution is -1.81. The summed E-state index contributed by atoms with van der Waals surface area (Å²) in [5.41, 5.74) is 3.53. The van der Waals surface area contributed by atoms with Crippen molar-refractivity contribution in [1.29, 1.82) is 0 Å². The van der Waals surface area contributed by atoms with Crippen molar-refractivity contribution in [2.45, 2.75) is 20.5 Å². The van der Waals surface area contributed by atoms with Crippen LogP contribution in [-0.2, 0) is 6.61 Å². The summed E-state index contributed by atoms with van der Waals surface area (Å²) in [5.74, 6) is 0.611. The van der Waals surface area contributed by atoms with E-state index < -0.39 is 0 Å². The van der Waals surface area contributed by atoms with Gasteiger partial charge in [0.2, 0.25) is 5.89 Å². The first-order valence-electron chi connectivity index (χ1n) is 4.84. The van der Waals surface area contributed by atoms with E-state index in [1.165, 1.54) is 0 Å². The van der Waals surface area contributed by atoms with Crippen LogP contribution in [0.15, 0.2) is 28.2 Å². The molecule has 0 fully saturated rings. The van der Waals surface area contributed by atoms with Crippen molar-refractivity contribution < 1.29 is 9.52 Å². The number of oxazole rings is 1. The van der Waals surface area contributed by atoms with Gasteiger partial charge in [-0.3, -0.25) is 0 Å². The monoisotopic (exact) mass is 203 g/mol. The fourth-order valence-electron chi connectivity index (χ4n) is 1.40. The van der Waals surface area contributed by atoms with E-state index in [2.05, 4.69) is 4.98 Å². The number of aromatic nitrogens is 1. The molecular weight excluding hydrogens is 190 g/mol. The third-order valence-corrected chi connectivity index (χ3v) is 2.06. The van der Waals surface area contributed by atoms with Crippen molar-refractivity contribution >= 4 is 17.2 Å². The topological polar surface area (TPSA) is 46.3 Å². The van der Waals surface area contributed by atoms with Crippen LogP contribution >= 0.6 is 0 Å². The molecular formula is C12H13NO2. The number of benzene rings is 1. The van der Waals surface area contributed by atoms with Gasteiger partial charge in [0.25, 0.3) is 0 Å². The van der Waals surface area contributed by atoms with Gasteiger partial charge >= 0.3 is 0 Å². The van der Waals surface area contributed by atoms with Crippen molar-refractivity contribution in [3.63, 3.8) is 0 Å². The molecule has 2 aromatic rings. The lowest BCUT2D eigenvalue weighted by molar-refractivity contribution is 0.282. The molecule has 2 rings (SSSR count). The molecule has 0 aliphatic rings. The molecule has 3 nitrogen and oxygen atoms in total. The fraction of sp³-hybridized carbons (Fsp3) is 0.250. The van der Waals surface area contributed by atoms with E-state index in [9.17, 15) is 0 Å². The molecule has 0 unspecified atom stereocenters. The number of hydrogen-bond donors (Lipinski definition) is 1. The van der Waals surface area contributed by atoms with Crippen LogP contribution in [-0.4, -0.2) is 10.1 Å². The summed E-state index contributed by atoms with van der Waals surface area (Å²) in [6.45, 7) is 4.02. The van der Waals surface area contributed by atoms with Crippen molar-refractivity contribution in [3.05, 3.63) is 35.2 Å². The molecule has 0 saturated heterocycles. The maximum absolute atomic E-state index is 8.98. The zero-order valence-electron chi connectivity index (χ0n) is 8.82. The number of nitrogens with zero attached hydrogens (tertiary/aromatic N) is 1. The van der Waals surface area contributed by atoms with Gasteiger partial charge in [0.15, 0.2) is 5.58 Å². The van der Waals surface area contributed by atoms with Crippen molar-refractivity contribution in [2.75, 3.05) is 0 Å². The summed E-state index contributed by atoms with van der Waals surface area (Å²) >= 11 is 0. The van der Waals surface area contributed by atoms with Gasteiger partial charge in [-0.1, -0.05) is 11.6 Å². The molecule has 0 saturated carbocycles. The van der Waals surface area contributed by atoms with Crippen LogP contribution in [0.1, 0.15) is 25.3 Å². The molecule has 1 heterocycles. The largest absolute Gasteiger partial charge is 0.437 e. The van der Waals surface area contributed by atoms with Gasteiger partial charge in [-0.15, -0.1) is 0 Å². The SMILES string of the molecule is CC(C)=Cc1nc2cc(CO)ccc2o1. The van der Waals surface area contributed by atoms with Gasteiger partial charge in [-0.05, 0) is 37.6 Å². The lowest BCUT2D eigenvalue weighted by Gasteiger charge is -1.92. The first-order chi connectivity index (χ1) is 7.19. The summed E-state index contributed by atoms with van der Waals surface area (Å²) in [6, 6.07) is 5.50. The summed E-state index contributed by atoms with van der Waals surface area (Å²) in [7, 11) is 0. The molecule has 1 aromatic carbocycles. The van der Waals surface area contributed by atoms with E-state index in [1.807, 2.05) is 38.1 Å². The third kappa shape index (κ3) is 2.07. The molecule has 0 radical (unpaired) electrons. The van der Waals surface area contributed by atoms with Crippen molar-refractivity contribution in [2.24, 2.45) is 0 Å². The average Bonchev–Trinajstić information content (AvgIpc) is 2.57. The number of rotatable bonds is 2. The Labute approximate surface area is 88.1 Å².